The molecule has 0 amide bonds. The van der Waals surface area contributed by atoms with Crippen LogP contribution in [0.2, 0.25) is 0 Å². The van der Waals surface area contributed by atoms with Gasteiger partial charge in [0.15, 0.2) is 0 Å². The normalized spacial score (nSPS) is 15.6. The van der Waals surface area contributed by atoms with Crippen molar-refractivity contribution in [3.63, 3.8) is 0 Å². The largest absolute Gasteiger partial charge is 0.310 e. The number of aromatic amines is 1. The minimum absolute atomic E-state index is 0.0815. The van der Waals surface area contributed by atoms with Gasteiger partial charge in [-0.1, -0.05) is 6.07 Å². The summed E-state index contributed by atoms with van der Waals surface area (Å²) in [6.07, 6.45) is 0. The van der Waals surface area contributed by atoms with Gasteiger partial charge in [-0.25, -0.2) is 13.4 Å². The first-order valence-corrected chi connectivity index (χ1v) is 7.93. The fraction of sp³-hybridized carbons (Fsp3) is 0.273. The Balaban J connectivity index is 2.01. The molecule has 3 rings (SSSR count). The number of hydrogen-bond acceptors (Lipinski definition) is 5. The van der Waals surface area contributed by atoms with Crippen LogP contribution in [0.1, 0.15) is 17.1 Å². The second-order valence-corrected chi connectivity index (χ2v) is 7.39. The molecule has 0 bridgehead atoms. The highest BCUT2D eigenvalue weighted by molar-refractivity contribution is 7.91. The molecule has 0 saturated carbocycles. The van der Waals surface area contributed by atoms with Crippen LogP contribution in [0.25, 0.3) is 0 Å². The molecule has 6 nitrogen and oxygen atoms in total. The molecule has 19 heavy (non-hydrogen) atoms. The molecule has 0 unspecified atom stereocenters. The topological polar surface area (TPSA) is 83.1 Å². The molecule has 3 heterocycles. The van der Waals surface area contributed by atoms with E-state index in [4.69, 9.17) is 0 Å². The van der Waals surface area contributed by atoms with Gasteiger partial charge in [-0.15, -0.1) is 11.3 Å². The molecule has 0 atom stereocenters. The molecule has 2 aromatic rings. The SMILES string of the molecule is Cc1nc2c(c(=O)[nH]1)CN(S(=O)(=O)c1cccs1)C2. The van der Waals surface area contributed by atoms with Crippen molar-refractivity contribution in [2.45, 2.75) is 24.2 Å². The number of nitrogens with one attached hydrogen (secondary N) is 1. The zero-order valence-corrected chi connectivity index (χ0v) is 11.7. The first-order valence-electron chi connectivity index (χ1n) is 5.61. The quantitative estimate of drug-likeness (QED) is 0.890. The van der Waals surface area contributed by atoms with Crippen molar-refractivity contribution in [2.75, 3.05) is 0 Å². The molecule has 0 fully saturated rings. The van der Waals surface area contributed by atoms with Crippen molar-refractivity contribution in [1.29, 1.82) is 0 Å². The van der Waals surface area contributed by atoms with Gasteiger partial charge < -0.3 is 4.98 Å². The minimum atomic E-state index is -3.53. The van der Waals surface area contributed by atoms with Crippen LogP contribution in [0.4, 0.5) is 0 Å². The highest BCUT2D eigenvalue weighted by atomic mass is 32.2. The number of fused-ring (bicyclic) bond motifs is 1. The zero-order valence-electron chi connectivity index (χ0n) is 10.1. The summed E-state index contributed by atoms with van der Waals surface area (Å²) in [5, 5.41) is 1.71. The van der Waals surface area contributed by atoms with Crippen LogP contribution in [-0.4, -0.2) is 22.7 Å². The number of sulfonamides is 1. The zero-order chi connectivity index (χ0) is 13.6. The summed E-state index contributed by atoms with van der Waals surface area (Å²) in [6.45, 7) is 1.91. The lowest BCUT2D eigenvalue weighted by Gasteiger charge is -2.13. The fourth-order valence-corrected chi connectivity index (χ4v) is 4.58. The van der Waals surface area contributed by atoms with Crippen LogP contribution >= 0.6 is 11.3 Å². The summed E-state index contributed by atoms with van der Waals surface area (Å²) in [6, 6.07) is 3.25. The molecular weight excluding hydrogens is 286 g/mol. The number of hydrogen-bond donors (Lipinski definition) is 1. The van der Waals surface area contributed by atoms with Crippen LogP contribution in [0, 0.1) is 6.92 Å². The number of H-pyrrole nitrogens is 1. The van der Waals surface area contributed by atoms with Gasteiger partial charge in [0.25, 0.3) is 15.6 Å². The number of rotatable bonds is 2. The molecule has 8 heteroatoms. The highest BCUT2D eigenvalue weighted by Gasteiger charge is 2.33. The Bertz CT molecular complexity index is 778. The number of nitrogens with zero attached hydrogens (tertiary/aromatic N) is 2. The third-order valence-corrected chi connectivity index (χ3v) is 6.13. The average molecular weight is 297 g/mol. The summed E-state index contributed by atoms with van der Waals surface area (Å²) >= 11 is 1.17. The molecule has 1 N–H and O–H groups in total. The molecule has 2 aromatic heterocycles. The molecule has 1 aliphatic heterocycles. The van der Waals surface area contributed by atoms with Crippen molar-refractivity contribution < 1.29 is 8.42 Å². The van der Waals surface area contributed by atoms with Crippen molar-refractivity contribution in [3.05, 3.63) is 44.9 Å². The maximum atomic E-state index is 12.4. The maximum absolute atomic E-state index is 12.4. The van der Waals surface area contributed by atoms with E-state index in [0.717, 1.165) is 0 Å². The Kier molecular flexibility index (Phi) is 2.80. The van der Waals surface area contributed by atoms with E-state index in [0.29, 0.717) is 17.1 Å². The molecule has 0 saturated heterocycles. The number of thiophene rings is 1. The van der Waals surface area contributed by atoms with Crippen molar-refractivity contribution in [3.8, 4) is 0 Å². The van der Waals surface area contributed by atoms with Gasteiger partial charge in [0.1, 0.15) is 10.0 Å². The lowest BCUT2D eigenvalue weighted by atomic mass is 10.3. The van der Waals surface area contributed by atoms with E-state index in [2.05, 4.69) is 9.97 Å². The van der Waals surface area contributed by atoms with E-state index in [1.807, 2.05) is 0 Å². The van der Waals surface area contributed by atoms with Gasteiger partial charge in [0.05, 0.1) is 17.8 Å². The van der Waals surface area contributed by atoms with Crippen molar-refractivity contribution in [1.82, 2.24) is 14.3 Å². The number of aromatic nitrogens is 2. The summed E-state index contributed by atoms with van der Waals surface area (Å²) < 4.78 is 26.3. The lowest BCUT2D eigenvalue weighted by molar-refractivity contribution is 0.431. The standard InChI is InChI=1S/C11H11N3O3S2/c1-7-12-9-6-14(5-8(9)11(15)13-7)19(16,17)10-3-2-4-18-10/h2-4H,5-6H2,1H3,(H,12,13,15). The Labute approximate surface area is 113 Å². The molecule has 100 valence electrons. The predicted molar refractivity (Wildman–Crippen MR) is 70.3 cm³/mol. The van der Waals surface area contributed by atoms with Crippen LogP contribution in [0.3, 0.4) is 0 Å². The van der Waals surface area contributed by atoms with Gasteiger partial charge >= 0.3 is 0 Å². The summed E-state index contributed by atoms with van der Waals surface area (Å²) in [5.41, 5.74) is 0.721. The monoisotopic (exact) mass is 297 g/mol. The van der Waals surface area contributed by atoms with Gasteiger partial charge in [-0.05, 0) is 18.4 Å². The molecule has 1 aliphatic rings. The van der Waals surface area contributed by atoms with Crippen LogP contribution in [0.5, 0.6) is 0 Å². The van der Waals surface area contributed by atoms with Crippen LogP contribution in [0.15, 0.2) is 26.5 Å². The Morgan fingerprint density at radius 2 is 2.21 bits per heavy atom. The van der Waals surface area contributed by atoms with Gasteiger partial charge in [-0.3, -0.25) is 4.79 Å². The van der Waals surface area contributed by atoms with E-state index in [9.17, 15) is 13.2 Å². The fourth-order valence-electron chi connectivity index (χ4n) is 2.07. The van der Waals surface area contributed by atoms with E-state index < -0.39 is 10.0 Å². The third-order valence-electron chi connectivity index (χ3n) is 2.97. The first kappa shape index (κ1) is 12.5. The second kappa shape index (κ2) is 4.26. The van der Waals surface area contributed by atoms with E-state index in [-0.39, 0.29) is 22.9 Å². The van der Waals surface area contributed by atoms with E-state index in [1.165, 1.54) is 15.6 Å². The van der Waals surface area contributed by atoms with E-state index in [1.54, 1.807) is 24.4 Å². The Hall–Kier alpha value is -1.51. The third kappa shape index (κ3) is 2.01. The molecule has 0 spiro atoms. The van der Waals surface area contributed by atoms with E-state index >= 15 is 0 Å². The van der Waals surface area contributed by atoms with Crippen molar-refractivity contribution in [2.24, 2.45) is 0 Å². The van der Waals surface area contributed by atoms with Crippen molar-refractivity contribution >= 4 is 21.4 Å². The molecular formula is C11H11N3O3S2. The predicted octanol–water partition coefficient (Wildman–Crippen LogP) is 0.844. The summed E-state index contributed by atoms with van der Waals surface area (Å²) in [4.78, 5) is 18.6. The molecule has 0 aliphatic carbocycles. The Morgan fingerprint density at radius 1 is 1.42 bits per heavy atom. The van der Waals surface area contributed by atoms with Gasteiger partial charge in [0.2, 0.25) is 0 Å². The average Bonchev–Trinajstić information content (AvgIpc) is 2.97. The van der Waals surface area contributed by atoms with Gasteiger partial charge in [-0.2, -0.15) is 4.31 Å². The number of aryl methyl sites for hydroxylation is 1. The summed E-state index contributed by atoms with van der Waals surface area (Å²) in [7, 11) is -3.53. The smallest absolute Gasteiger partial charge is 0.255 e. The van der Waals surface area contributed by atoms with Crippen LogP contribution in [-0.2, 0) is 23.1 Å². The Morgan fingerprint density at radius 3 is 2.89 bits per heavy atom. The lowest BCUT2D eigenvalue weighted by Crippen LogP contribution is -2.25. The first-order chi connectivity index (χ1) is 8.98. The van der Waals surface area contributed by atoms with Gasteiger partial charge in [0, 0.05) is 6.54 Å². The minimum Gasteiger partial charge on any atom is -0.310 e. The second-order valence-electron chi connectivity index (χ2n) is 4.28. The maximum Gasteiger partial charge on any atom is 0.255 e. The molecule has 0 aromatic carbocycles. The van der Waals surface area contributed by atoms with Crippen LogP contribution < -0.4 is 5.56 Å². The summed E-state index contributed by atoms with van der Waals surface area (Å²) in [5.74, 6) is 0.499. The highest BCUT2D eigenvalue weighted by Crippen LogP contribution is 2.27. The molecule has 0 radical (unpaired) electrons.